The van der Waals surface area contributed by atoms with E-state index in [-0.39, 0.29) is 17.3 Å². The Morgan fingerprint density at radius 2 is 2.00 bits per heavy atom. The molecule has 0 spiro atoms. The van der Waals surface area contributed by atoms with Crippen molar-refractivity contribution >= 4 is 17.1 Å². The number of nitrogens with zero attached hydrogens (tertiary/aromatic N) is 5. The van der Waals surface area contributed by atoms with Crippen molar-refractivity contribution < 1.29 is 9.18 Å². The molecule has 0 radical (unpaired) electrons. The number of aromatic nitrogens is 5. The van der Waals surface area contributed by atoms with Gasteiger partial charge < -0.3 is 5.32 Å². The number of hydrogen-bond acceptors (Lipinski definition) is 7. The summed E-state index contributed by atoms with van der Waals surface area (Å²) in [5.41, 5.74) is 2.24. The Hall–Kier alpha value is -3.50. The number of aryl methyl sites for hydroxylation is 2. The minimum Gasteiger partial charge on any atom is -0.311 e. The predicted molar refractivity (Wildman–Crippen MR) is 123 cm³/mol. The van der Waals surface area contributed by atoms with Crippen LogP contribution in [0.25, 0.3) is 5.13 Å². The number of rotatable bonds is 10. The van der Waals surface area contributed by atoms with Gasteiger partial charge in [-0.3, -0.25) is 9.78 Å². The second kappa shape index (κ2) is 10.4. The molecule has 3 heterocycles. The summed E-state index contributed by atoms with van der Waals surface area (Å²) in [6.45, 7) is 3.22. The Kier molecular flexibility index (Phi) is 7.16. The predicted octanol–water partition coefficient (Wildman–Crippen LogP) is 2.94. The highest BCUT2D eigenvalue weighted by atomic mass is 32.1. The number of halogens is 1. The van der Waals surface area contributed by atoms with Crippen LogP contribution in [0, 0.1) is 12.7 Å². The van der Waals surface area contributed by atoms with Gasteiger partial charge in [-0.15, -0.1) is 0 Å². The molecule has 0 atom stereocenters. The average molecular weight is 467 g/mol. The summed E-state index contributed by atoms with van der Waals surface area (Å²) in [6.07, 6.45) is 5.82. The van der Waals surface area contributed by atoms with Crippen molar-refractivity contribution in [2.45, 2.75) is 32.9 Å². The van der Waals surface area contributed by atoms with E-state index in [1.807, 2.05) is 12.1 Å². The van der Waals surface area contributed by atoms with Crippen LogP contribution in [0.4, 0.5) is 4.39 Å². The maximum atomic E-state index is 13.0. The number of nitrogens with one attached hydrogen (secondary N) is 1. The lowest BCUT2D eigenvalue weighted by Crippen LogP contribution is -2.28. The first-order chi connectivity index (χ1) is 16.0. The van der Waals surface area contributed by atoms with Crippen LogP contribution in [0.2, 0.25) is 0 Å². The minimum atomic E-state index is -0.318. The Bertz CT molecular complexity index is 1280. The van der Waals surface area contributed by atoms with E-state index >= 15 is 0 Å². The molecule has 4 aromatic rings. The van der Waals surface area contributed by atoms with Gasteiger partial charge in [-0.25, -0.2) is 23.4 Å². The molecular weight excluding hydrogens is 443 g/mol. The summed E-state index contributed by atoms with van der Waals surface area (Å²) in [7, 11) is 0. The van der Waals surface area contributed by atoms with Crippen molar-refractivity contribution in [3.05, 3.63) is 93.1 Å². The highest BCUT2D eigenvalue weighted by molar-refractivity contribution is 7.16. The molecule has 33 heavy (non-hydrogen) atoms. The van der Waals surface area contributed by atoms with Crippen molar-refractivity contribution in [2.75, 3.05) is 6.54 Å². The number of pyridine rings is 1. The van der Waals surface area contributed by atoms with E-state index in [1.54, 1.807) is 31.5 Å². The zero-order valence-electron chi connectivity index (χ0n) is 18.1. The molecule has 0 bridgehead atoms. The fourth-order valence-corrected chi connectivity index (χ4v) is 4.30. The summed E-state index contributed by atoms with van der Waals surface area (Å²) in [4.78, 5) is 34.5. The van der Waals surface area contributed by atoms with Crippen molar-refractivity contribution in [1.82, 2.24) is 29.6 Å². The number of benzene rings is 1. The van der Waals surface area contributed by atoms with Gasteiger partial charge >= 0.3 is 5.69 Å². The third-order valence-corrected chi connectivity index (χ3v) is 6.28. The van der Waals surface area contributed by atoms with Crippen molar-refractivity contribution in [3.63, 3.8) is 0 Å². The summed E-state index contributed by atoms with van der Waals surface area (Å²) in [5, 5.41) is 7.79. The first-order valence-corrected chi connectivity index (χ1v) is 11.3. The normalized spacial score (nSPS) is 11.1. The molecule has 0 aliphatic heterocycles. The average Bonchev–Trinajstić information content (AvgIpc) is 3.39. The lowest BCUT2D eigenvalue weighted by molar-refractivity contribution is 0.0986. The maximum Gasteiger partial charge on any atom is 0.352 e. The second-order valence-electron chi connectivity index (χ2n) is 7.51. The van der Waals surface area contributed by atoms with Crippen LogP contribution in [0.15, 0.2) is 59.9 Å². The van der Waals surface area contributed by atoms with Crippen LogP contribution < -0.4 is 11.0 Å². The number of carbonyl (C=O) groups is 1. The summed E-state index contributed by atoms with van der Waals surface area (Å²) in [6, 6.07) is 10.0. The first kappa shape index (κ1) is 22.7. The maximum absolute atomic E-state index is 13.0. The molecule has 8 nitrogen and oxygen atoms in total. The molecule has 1 aromatic carbocycles. The van der Waals surface area contributed by atoms with E-state index in [0.29, 0.717) is 48.2 Å². The van der Waals surface area contributed by atoms with E-state index in [0.717, 1.165) is 11.1 Å². The monoisotopic (exact) mass is 466 g/mol. The lowest BCUT2D eigenvalue weighted by atomic mass is 10.1. The Morgan fingerprint density at radius 3 is 2.76 bits per heavy atom. The van der Waals surface area contributed by atoms with Gasteiger partial charge in [-0.1, -0.05) is 29.5 Å². The van der Waals surface area contributed by atoms with Gasteiger partial charge in [0.1, 0.15) is 12.1 Å². The molecule has 1 N–H and O–H groups in total. The highest BCUT2D eigenvalue weighted by Gasteiger charge is 2.18. The van der Waals surface area contributed by atoms with Crippen LogP contribution in [0.5, 0.6) is 0 Å². The topological polar surface area (TPSA) is 94.7 Å². The number of hydrogen-bond donors (Lipinski definition) is 1. The Morgan fingerprint density at radius 1 is 1.18 bits per heavy atom. The first-order valence-electron chi connectivity index (χ1n) is 10.5. The molecule has 0 unspecified atom stereocenters. The second-order valence-corrected chi connectivity index (χ2v) is 8.48. The third-order valence-electron chi connectivity index (χ3n) is 5.08. The van der Waals surface area contributed by atoms with E-state index in [2.05, 4.69) is 20.4 Å². The van der Waals surface area contributed by atoms with Crippen LogP contribution in [-0.2, 0) is 19.5 Å². The molecule has 3 aromatic heterocycles. The van der Waals surface area contributed by atoms with Crippen LogP contribution in [0.3, 0.4) is 0 Å². The van der Waals surface area contributed by atoms with Gasteiger partial charge in [-0.2, -0.15) is 5.10 Å². The minimum absolute atomic E-state index is 0.00876. The number of thiazole rings is 1. The molecule has 0 saturated carbocycles. The van der Waals surface area contributed by atoms with Gasteiger partial charge in [0.05, 0.1) is 17.1 Å². The van der Waals surface area contributed by atoms with Crippen LogP contribution in [0.1, 0.15) is 32.9 Å². The van der Waals surface area contributed by atoms with Gasteiger partial charge in [0.15, 0.2) is 10.9 Å². The molecule has 10 heteroatoms. The number of ketones is 1. The molecule has 0 aliphatic rings. The van der Waals surface area contributed by atoms with E-state index in [1.165, 1.54) is 39.0 Å². The fraction of sp³-hybridized carbons (Fsp3) is 0.261. The van der Waals surface area contributed by atoms with E-state index in [4.69, 9.17) is 0 Å². The standard InChI is InChI=1S/C23H23FN6O2S/c1-16-21(20(31)9-6-17-3-2-10-25-13-17)33-22(28-16)29-15-27-30(23(29)32)12-11-26-14-18-4-7-19(24)8-5-18/h2-5,7-8,10,13,15,26H,6,9,11-12,14H2,1H3. The van der Waals surface area contributed by atoms with E-state index in [9.17, 15) is 14.0 Å². The van der Waals surface area contributed by atoms with E-state index < -0.39 is 0 Å². The fourth-order valence-electron chi connectivity index (χ4n) is 3.30. The summed E-state index contributed by atoms with van der Waals surface area (Å²) < 4.78 is 15.7. The molecule has 170 valence electrons. The molecule has 0 fully saturated rings. The third kappa shape index (κ3) is 5.65. The van der Waals surface area contributed by atoms with Crippen molar-refractivity contribution in [2.24, 2.45) is 0 Å². The Labute approximate surface area is 193 Å². The van der Waals surface area contributed by atoms with Crippen molar-refractivity contribution in [1.29, 1.82) is 0 Å². The SMILES string of the molecule is Cc1nc(-n2cnn(CCNCc3ccc(F)cc3)c2=O)sc1C(=O)CCc1cccnc1. The zero-order valence-corrected chi connectivity index (χ0v) is 18.9. The van der Waals surface area contributed by atoms with Gasteiger partial charge in [-0.05, 0) is 42.7 Å². The zero-order chi connectivity index (χ0) is 23.2. The molecular formula is C23H23FN6O2S. The van der Waals surface area contributed by atoms with Gasteiger partial charge in [0, 0.05) is 31.9 Å². The molecule has 0 amide bonds. The molecule has 0 aliphatic carbocycles. The summed E-state index contributed by atoms with van der Waals surface area (Å²) >= 11 is 1.20. The number of carbonyl (C=O) groups excluding carboxylic acids is 1. The molecule has 4 rings (SSSR count). The van der Waals surface area contributed by atoms with Gasteiger partial charge in [0.25, 0.3) is 0 Å². The van der Waals surface area contributed by atoms with Crippen LogP contribution >= 0.6 is 11.3 Å². The van der Waals surface area contributed by atoms with Crippen LogP contribution in [-0.4, -0.2) is 36.6 Å². The highest BCUT2D eigenvalue weighted by Crippen LogP contribution is 2.22. The largest absolute Gasteiger partial charge is 0.352 e. The summed E-state index contributed by atoms with van der Waals surface area (Å²) in [5.74, 6) is -0.280. The lowest BCUT2D eigenvalue weighted by Gasteiger charge is -2.04. The molecule has 0 saturated heterocycles. The number of Topliss-reactive ketones (excluding diaryl/α,β-unsaturated/α-hetero) is 1. The Balaban J connectivity index is 1.36. The smallest absolute Gasteiger partial charge is 0.311 e. The van der Waals surface area contributed by atoms with Gasteiger partial charge in [0.2, 0.25) is 0 Å². The van der Waals surface area contributed by atoms with Crippen molar-refractivity contribution in [3.8, 4) is 5.13 Å². The quantitative estimate of drug-likeness (QED) is 0.285.